The summed E-state index contributed by atoms with van der Waals surface area (Å²) in [5.74, 6) is 0. The van der Waals surface area contributed by atoms with E-state index in [1.165, 1.54) is 31.4 Å². The molecule has 0 saturated carbocycles. The molecule has 118 valence electrons. The first-order chi connectivity index (χ1) is 10.8. The van der Waals surface area contributed by atoms with Crippen LogP contribution in [0.1, 0.15) is 5.56 Å². The Balaban J connectivity index is 2.33. The predicted molar refractivity (Wildman–Crippen MR) is 77.6 cm³/mol. The van der Waals surface area contributed by atoms with Crippen molar-refractivity contribution in [1.82, 2.24) is 14.1 Å². The molecule has 2 heterocycles. The van der Waals surface area contributed by atoms with Crippen molar-refractivity contribution in [2.24, 2.45) is 7.05 Å². The molecule has 0 atom stereocenters. The summed E-state index contributed by atoms with van der Waals surface area (Å²) >= 11 is 0. The molecule has 0 unspecified atom stereocenters. The molecule has 0 bridgehead atoms. The normalized spacial score (nSPS) is 11.8. The Morgan fingerprint density at radius 1 is 1.04 bits per heavy atom. The number of pyridine rings is 1. The van der Waals surface area contributed by atoms with Crippen LogP contribution in [0.4, 0.5) is 13.2 Å². The average Bonchev–Trinajstić information content (AvgIpc) is 2.53. The first-order valence-corrected chi connectivity index (χ1v) is 6.55. The third-order valence-corrected chi connectivity index (χ3v) is 3.46. The molecule has 0 radical (unpaired) electrons. The molecule has 0 amide bonds. The van der Waals surface area contributed by atoms with Gasteiger partial charge in [0.25, 0.3) is 5.56 Å². The van der Waals surface area contributed by atoms with Crippen LogP contribution >= 0.6 is 0 Å². The predicted octanol–water partition coefficient (Wildman–Crippen LogP) is 2.10. The van der Waals surface area contributed by atoms with Crippen molar-refractivity contribution in [3.63, 3.8) is 0 Å². The Hall–Kier alpha value is -2.90. The van der Waals surface area contributed by atoms with Crippen LogP contribution in [0.2, 0.25) is 0 Å². The number of benzene rings is 1. The molecule has 0 aliphatic heterocycles. The average molecular weight is 321 g/mol. The monoisotopic (exact) mass is 321 g/mol. The van der Waals surface area contributed by atoms with Gasteiger partial charge < -0.3 is 0 Å². The van der Waals surface area contributed by atoms with Crippen molar-refractivity contribution in [3.05, 3.63) is 69.0 Å². The Labute approximate surface area is 127 Å². The molecule has 1 aromatic carbocycles. The molecule has 0 spiro atoms. The summed E-state index contributed by atoms with van der Waals surface area (Å²) < 4.78 is 39.9. The zero-order chi connectivity index (χ0) is 16.8. The Morgan fingerprint density at radius 3 is 2.30 bits per heavy atom. The number of fused-ring (bicyclic) bond motifs is 1. The van der Waals surface area contributed by atoms with Crippen molar-refractivity contribution in [1.29, 1.82) is 0 Å². The fraction of sp³-hybridized carbons (Fsp3) is 0.133. The molecular formula is C15H10F3N3O2. The lowest BCUT2D eigenvalue weighted by atomic mass is 10.2. The highest BCUT2D eigenvalue weighted by molar-refractivity contribution is 5.75. The van der Waals surface area contributed by atoms with E-state index in [-0.39, 0.29) is 16.7 Å². The van der Waals surface area contributed by atoms with Crippen LogP contribution in [0.25, 0.3) is 16.7 Å². The lowest BCUT2D eigenvalue weighted by molar-refractivity contribution is -0.137. The van der Waals surface area contributed by atoms with Gasteiger partial charge in [0.15, 0.2) is 5.65 Å². The lowest BCUT2D eigenvalue weighted by Gasteiger charge is -2.12. The van der Waals surface area contributed by atoms with E-state index in [0.717, 1.165) is 21.3 Å². The second-order valence-corrected chi connectivity index (χ2v) is 4.90. The van der Waals surface area contributed by atoms with Crippen molar-refractivity contribution < 1.29 is 13.2 Å². The Kier molecular flexibility index (Phi) is 3.32. The number of nitrogens with zero attached hydrogens (tertiary/aromatic N) is 3. The fourth-order valence-corrected chi connectivity index (χ4v) is 2.28. The van der Waals surface area contributed by atoms with Crippen LogP contribution in [0.5, 0.6) is 0 Å². The number of rotatable bonds is 1. The molecule has 0 aliphatic rings. The van der Waals surface area contributed by atoms with Crippen molar-refractivity contribution >= 4 is 11.0 Å². The van der Waals surface area contributed by atoms with Gasteiger partial charge >= 0.3 is 11.9 Å². The van der Waals surface area contributed by atoms with Crippen LogP contribution in [-0.2, 0) is 13.2 Å². The van der Waals surface area contributed by atoms with Crippen LogP contribution in [0, 0.1) is 0 Å². The third kappa shape index (κ3) is 2.41. The van der Waals surface area contributed by atoms with Gasteiger partial charge in [-0.05, 0) is 36.4 Å². The lowest BCUT2D eigenvalue weighted by Crippen LogP contribution is -2.37. The summed E-state index contributed by atoms with van der Waals surface area (Å²) in [4.78, 5) is 28.4. The van der Waals surface area contributed by atoms with Gasteiger partial charge in [0.05, 0.1) is 16.6 Å². The molecule has 0 aliphatic carbocycles. The second kappa shape index (κ2) is 5.08. The zero-order valence-corrected chi connectivity index (χ0v) is 11.8. The molecule has 0 fully saturated rings. The highest BCUT2D eigenvalue weighted by Crippen LogP contribution is 2.29. The first-order valence-electron chi connectivity index (χ1n) is 6.55. The molecular weight excluding hydrogens is 311 g/mol. The second-order valence-electron chi connectivity index (χ2n) is 4.90. The van der Waals surface area contributed by atoms with E-state index < -0.39 is 23.0 Å². The van der Waals surface area contributed by atoms with Crippen LogP contribution < -0.4 is 11.2 Å². The van der Waals surface area contributed by atoms with E-state index in [9.17, 15) is 22.8 Å². The summed E-state index contributed by atoms with van der Waals surface area (Å²) in [7, 11) is 1.30. The van der Waals surface area contributed by atoms with Crippen molar-refractivity contribution in [3.8, 4) is 5.69 Å². The van der Waals surface area contributed by atoms with Gasteiger partial charge in [-0.3, -0.25) is 9.36 Å². The highest BCUT2D eigenvalue weighted by Gasteiger charge is 2.30. The van der Waals surface area contributed by atoms with Gasteiger partial charge in [-0.1, -0.05) is 0 Å². The molecule has 3 aromatic rings. The van der Waals surface area contributed by atoms with Gasteiger partial charge in [-0.2, -0.15) is 13.2 Å². The smallest absolute Gasteiger partial charge is 0.268 e. The van der Waals surface area contributed by atoms with Gasteiger partial charge in [-0.25, -0.2) is 14.3 Å². The highest BCUT2D eigenvalue weighted by atomic mass is 19.4. The van der Waals surface area contributed by atoms with Crippen molar-refractivity contribution in [2.45, 2.75) is 6.18 Å². The largest absolute Gasteiger partial charge is 0.416 e. The summed E-state index contributed by atoms with van der Waals surface area (Å²) in [5.41, 5.74) is -1.72. The number of aromatic nitrogens is 3. The summed E-state index contributed by atoms with van der Waals surface area (Å²) in [6.07, 6.45) is -3.06. The molecule has 5 nitrogen and oxygen atoms in total. The van der Waals surface area contributed by atoms with Gasteiger partial charge in [0, 0.05) is 13.2 Å². The maximum Gasteiger partial charge on any atom is 0.416 e. The molecule has 23 heavy (non-hydrogen) atoms. The van der Waals surface area contributed by atoms with Crippen molar-refractivity contribution in [2.75, 3.05) is 0 Å². The molecule has 8 heteroatoms. The zero-order valence-electron chi connectivity index (χ0n) is 11.8. The molecule has 3 rings (SSSR count). The minimum atomic E-state index is -4.46. The first kappa shape index (κ1) is 15.0. The van der Waals surface area contributed by atoms with Gasteiger partial charge in [0.2, 0.25) is 0 Å². The minimum absolute atomic E-state index is 0.0976. The topological polar surface area (TPSA) is 56.9 Å². The number of hydrogen-bond acceptors (Lipinski definition) is 3. The van der Waals surface area contributed by atoms with E-state index in [1.54, 1.807) is 6.07 Å². The summed E-state index contributed by atoms with van der Waals surface area (Å²) in [6.45, 7) is 0. The molecule has 0 saturated heterocycles. The Bertz CT molecular complexity index is 1000. The standard InChI is InChI=1S/C15H10F3N3O2/c1-20-13(22)11-3-2-8-19-12(11)21(14(20)23)10-6-4-9(5-7-10)15(16,17)18/h2-8H,1H3. The molecule has 2 aromatic heterocycles. The van der Waals surface area contributed by atoms with Gasteiger partial charge in [0.1, 0.15) is 0 Å². The Morgan fingerprint density at radius 2 is 1.70 bits per heavy atom. The quantitative estimate of drug-likeness (QED) is 0.690. The maximum absolute atomic E-state index is 12.6. The fourth-order valence-electron chi connectivity index (χ4n) is 2.28. The number of halogens is 3. The third-order valence-electron chi connectivity index (χ3n) is 3.46. The summed E-state index contributed by atoms with van der Waals surface area (Å²) in [6, 6.07) is 7.14. The maximum atomic E-state index is 12.6. The number of alkyl halides is 3. The SMILES string of the molecule is Cn1c(=O)c2cccnc2n(-c2ccc(C(F)(F)F)cc2)c1=O. The van der Waals surface area contributed by atoms with Crippen LogP contribution in [0.15, 0.2) is 52.2 Å². The number of hydrogen-bond donors (Lipinski definition) is 0. The summed E-state index contributed by atoms with van der Waals surface area (Å²) in [5, 5.41) is 0.203. The minimum Gasteiger partial charge on any atom is -0.268 e. The van der Waals surface area contributed by atoms with Crippen LogP contribution in [-0.4, -0.2) is 14.1 Å². The van der Waals surface area contributed by atoms with Gasteiger partial charge in [-0.15, -0.1) is 0 Å². The van der Waals surface area contributed by atoms with E-state index >= 15 is 0 Å². The van der Waals surface area contributed by atoms with Crippen LogP contribution in [0.3, 0.4) is 0 Å². The van der Waals surface area contributed by atoms with E-state index in [0.29, 0.717) is 0 Å². The van der Waals surface area contributed by atoms with E-state index in [1.807, 2.05) is 0 Å². The van der Waals surface area contributed by atoms with E-state index in [4.69, 9.17) is 0 Å². The van der Waals surface area contributed by atoms with E-state index in [2.05, 4.69) is 4.98 Å². The molecule has 0 N–H and O–H groups in total.